The van der Waals surface area contributed by atoms with Gasteiger partial charge >= 0.3 is 11.9 Å². The predicted molar refractivity (Wildman–Crippen MR) is 102 cm³/mol. The van der Waals surface area contributed by atoms with Crippen LogP contribution in [0, 0.1) is 5.92 Å². The molecule has 0 fully saturated rings. The van der Waals surface area contributed by atoms with E-state index in [0.29, 0.717) is 25.8 Å². The predicted octanol–water partition coefficient (Wildman–Crippen LogP) is -2.26. The number of aliphatic carboxylic acids is 2. The number of unbranched alkanes of at least 4 members (excludes halogenated alkanes) is 1. The summed E-state index contributed by atoms with van der Waals surface area (Å²) < 4.78 is 0. The van der Waals surface area contributed by atoms with Gasteiger partial charge in [-0.25, -0.2) is 4.79 Å². The van der Waals surface area contributed by atoms with E-state index in [4.69, 9.17) is 21.7 Å². The molecule has 0 aromatic heterocycles. The number of hydrogen-bond donors (Lipinski definition) is 7. The van der Waals surface area contributed by atoms with Crippen molar-refractivity contribution in [3.05, 3.63) is 0 Å². The zero-order valence-electron chi connectivity index (χ0n) is 16.6. The average molecular weight is 417 g/mol. The summed E-state index contributed by atoms with van der Waals surface area (Å²) >= 11 is 0. The smallest absolute Gasteiger partial charge is 0.326 e. The molecular weight excluding hydrogens is 386 g/mol. The Balaban J connectivity index is 4.78. The quantitative estimate of drug-likeness (QED) is 0.152. The molecule has 0 aliphatic carbocycles. The molecule has 0 rings (SSSR count). The molecule has 166 valence electrons. The highest BCUT2D eigenvalue weighted by Gasteiger charge is 2.30. The highest BCUT2D eigenvalue weighted by Crippen LogP contribution is 2.04. The van der Waals surface area contributed by atoms with Crippen molar-refractivity contribution < 1.29 is 34.2 Å². The summed E-state index contributed by atoms with van der Waals surface area (Å²) in [6, 6.07) is -3.58. The van der Waals surface area contributed by atoms with Crippen molar-refractivity contribution >= 4 is 29.7 Å². The standard InChI is InChI=1S/C17H31N5O7/c1-9(2)14(17(28)29)22-16(27)11(7-13(24)25)21-12(23)8-20-15(26)10(19)5-3-4-6-18/h9-11,14H,3-8,18-19H2,1-2H3,(H,20,26)(H,21,23)(H,22,27)(H,24,25)(H,28,29). The van der Waals surface area contributed by atoms with Gasteiger partial charge in [-0.2, -0.15) is 0 Å². The summed E-state index contributed by atoms with van der Waals surface area (Å²) in [5, 5.41) is 24.8. The molecule has 3 atom stereocenters. The van der Waals surface area contributed by atoms with Gasteiger partial charge in [0.1, 0.15) is 12.1 Å². The Hall–Kier alpha value is -2.73. The molecule has 0 saturated heterocycles. The van der Waals surface area contributed by atoms with E-state index in [0.717, 1.165) is 0 Å². The maximum Gasteiger partial charge on any atom is 0.326 e. The topological polar surface area (TPSA) is 214 Å². The number of rotatable bonds is 14. The average Bonchev–Trinajstić information content (AvgIpc) is 2.62. The summed E-state index contributed by atoms with van der Waals surface area (Å²) in [6.45, 7) is 3.09. The van der Waals surface area contributed by atoms with Crippen LogP contribution >= 0.6 is 0 Å². The van der Waals surface area contributed by atoms with Crippen LogP contribution in [-0.2, 0) is 24.0 Å². The van der Waals surface area contributed by atoms with E-state index in [1.807, 2.05) is 0 Å². The van der Waals surface area contributed by atoms with E-state index in [9.17, 15) is 24.0 Å². The molecule has 3 unspecified atom stereocenters. The van der Waals surface area contributed by atoms with E-state index >= 15 is 0 Å². The first-order valence-electron chi connectivity index (χ1n) is 9.27. The van der Waals surface area contributed by atoms with E-state index < -0.39 is 66.7 Å². The number of carboxylic acids is 2. The number of amides is 3. The number of hydrogen-bond acceptors (Lipinski definition) is 7. The molecule has 0 aromatic carbocycles. The SMILES string of the molecule is CC(C)C(NC(=O)C(CC(=O)O)NC(=O)CNC(=O)C(N)CCCCN)C(=O)O. The zero-order valence-corrected chi connectivity index (χ0v) is 16.6. The molecule has 9 N–H and O–H groups in total. The molecule has 29 heavy (non-hydrogen) atoms. The molecule has 0 bridgehead atoms. The molecule has 0 spiro atoms. The summed E-state index contributed by atoms with van der Waals surface area (Å²) in [5.74, 6) is -5.45. The van der Waals surface area contributed by atoms with Gasteiger partial charge in [0, 0.05) is 0 Å². The van der Waals surface area contributed by atoms with Gasteiger partial charge < -0.3 is 37.6 Å². The molecule has 0 aromatic rings. The van der Waals surface area contributed by atoms with Crippen molar-refractivity contribution in [1.82, 2.24) is 16.0 Å². The van der Waals surface area contributed by atoms with E-state index in [1.54, 1.807) is 13.8 Å². The highest BCUT2D eigenvalue weighted by molar-refractivity contribution is 5.94. The van der Waals surface area contributed by atoms with Crippen molar-refractivity contribution in [2.24, 2.45) is 17.4 Å². The summed E-state index contributed by atoms with van der Waals surface area (Å²) in [5.41, 5.74) is 11.0. The minimum atomic E-state index is -1.50. The lowest BCUT2D eigenvalue weighted by Gasteiger charge is -2.22. The third-order valence-corrected chi connectivity index (χ3v) is 3.99. The normalized spacial score (nSPS) is 13.8. The summed E-state index contributed by atoms with van der Waals surface area (Å²) in [7, 11) is 0. The highest BCUT2D eigenvalue weighted by atomic mass is 16.4. The minimum Gasteiger partial charge on any atom is -0.481 e. The Morgan fingerprint density at radius 3 is 2.07 bits per heavy atom. The Kier molecular flexibility index (Phi) is 12.2. The van der Waals surface area contributed by atoms with Crippen LogP contribution in [0.25, 0.3) is 0 Å². The van der Waals surface area contributed by atoms with Gasteiger partial charge in [-0.05, 0) is 25.3 Å². The van der Waals surface area contributed by atoms with Crippen LogP contribution in [0.4, 0.5) is 0 Å². The largest absolute Gasteiger partial charge is 0.481 e. The number of nitrogens with two attached hydrogens (primary N) is 2. The van der Waals surface area contributed by atoms with Crippen molar-refractivity contribution in [2.45, 2.75) is 57.7 Å². The second-order valence-electron chi connectivity index (χ2n) is 6.90. The van der Waals surface area contributed by atoms with Gasteiger partial charge in [0.15, 0.2) is 0 Å². The van der Waals surface area contributed by atoms with Crippen molar-refractivity contribution in [1.29, 1.82) is 0 Å². The first kappa shape index (κ1) is 26.3. The maximum absolute atomic E-state index is 12.3. The number of carbonyl (C=O) groups is 5. The lowest BCUT2D eigenvalue weighted by Crippen LogP contribution is -2.55. The van der Waals surface area contributed by atoms with Crippen LogP contribution in [0.2, 0.25) is 0 Å². The van der Waals surface area contributed by atoms with Crippen LogP contribution in [0.5, 0.6) is 0 Å². The lowest BCUT2D eigenvalue weighted by atomic mass is 10.0. The molecule has 12 nitrogen and oxygen atoms in total. The van der Waals surface area contributed by atoms with Crippen molar-refractivity contribution in [3.8, 4) is 0 Å². The fraction of sp³-hybridized carbons (Fsp3) is 0.706. The van der Waals surface area contributed by atoms with Crippen molar-refractivity contribution in [3.63, 3.8) is 0 Å². The first-order valence-corrected chi connectivity index (χ1v) is 9.27. The molecular formula is C17H31N5O7. The Morgan fingerprint density at radius 1 is 0.966 bits per heavy atom. The summed E-state index contributed by atoms with van der Waals surface area (Å²) in [4.78, 5) is 58.3. The van der Waals surface area contributed by atoms with Gasteiger partial charge in [0.25, 0.3) is 0 Å². The third-order valence-electron chi connectivity index (χ3n) is 3.99. The van der Waals surface area contributed by atoms with E-state index in [1.165, 1.54) is 0 Å². The minimum absolute atomic E-state index is 0.389. The summed E-state index contributed by atoms with van der Waals surface area (Å²) in [6.07, 6.45) is 0.995. The third kappa shape index (κ3) is 11.0. The number of carboxylic acid groups (broad SMARTS) is 2. The number of carbonyl (C=O) groups excluding carboxylic acids is 3. The molecule has 0 aliphatic rings. The Bertz CT molecular complexity index is 597. The first-order chi connectivity index (χ1) is 13.5. The molecule has 0 heterocycles. The zero-order chi connectivity index (χ0) is 22.6. The van der Waals surface area contributed by atoms with Crippen LogP contribution in [0.1, 0.15) is 39.5 Å². The fourth-order valence-electron chi connectivity index (χ4n) is 2.33. The molecule has 3 amide bonds. The van der Waals surface area contributed by atoms with Gasteiger partial charge in [0.05, 0.1) is 19.0 Å². The monoisotopic (exact) mass is 417 g/mol. The van der Waals surface area contributed by atoms with Crippen molar-refractivity contribution in [2.75, 3.05) is 13.1 Å². The molecule has 0 saturated carbocycles. The van der Waals surface area contributed by atoms with E-state index in [2.05, 4.69) is 16.0 Å². The van der Waals surface area contributed by atoms with Crippen LogP contribution in [0.3, 0.4) is 0 Å². The van der Waals surface area contributed by atoms with Gasteiger partial charge in [0.2, 0.25) is 17.7 Å². The van der Waals surface area contributed by atoms with Crippen LogP contribution in [-0.4, -0.2) is 71.1 Å². The fourth-order valence-corrected chi connectivity index (χ4v) is 2.33. The van der Waals surface area contributed by atoms with E-state index in [-0.39, 0.29) is 0 Å². The molecule has 0 radical (unpaired) electrons. The van der Waals surface area contributed by atoms with Crippen LogP contribution < -0.4 is 27.4 Å². The lowest BCUT2D eigenvalue weighted by molar-refractivity contribution is -0.144. The Labute approximate surface area is 168 Å². The van der Waals surface area contributed by atoms with Gasteiger partial charge in [-0.3, -0.25) is 19.2 Å². The molecule has 0 aliphatic heterocycles. The van der Waals surface area contributed by atoms with Crippen LogP contribution in [0.15, 0.2) is 0 Å². The van der Waals surface area contributed by atoms with Gasteiger partial charge in [-0.15, -0.1) is 0 Å². The second-order valence-corrected chi connectivity index (χ2v) is 6.90. The molecule has 12 heteroatoms. The van der Waals surface area contributed by atoms with Gasteiger partial charge in [-0.1, -0.05) is 20.3 Å². The second kappa shape index (κ2) is 13.4. The maximum atomic E-state index is 12.3. The Morgan fingerprint density at radius 2 is 1.59 bits per heavy atom. The number of nitrogens with one attached hydrogen (secondary N) is 3.